The van der Waals surface area contributed by atoms with Crippen LogP contribution in [-0.2, 0) is 6.54 Å². The van der Waals surface area contributed by atoms with E-state index in [1.807, 2.05) is 12.1 Å². The third-order valence-corrected chi connectivity index (χ3v) is 3.32. The van der Waals surface area contributed by atoms with Gasteiger partial charge in [0.2, 0.25) is 5.89 Å². The lowest BCUT2D eigenvalue weighted by molar-refractivity contribution is 0.224. The number of aliphatic hydroxyl groups excluding tert-OH is 1. The van der Waals surface area contributed by atoms with E-state index in [1.54, 1.807) is 6.26 Å². The van der Waals surface area contributed by atoms with E-state index in [0.29, 0.717) is 5.89 Å². The van der Waals surface area contributed by atoms with Gasteiger partial charge in [0.05, 0.1) is 5.69 Å². The summed E-state index contributed by atoms with van der Waals surface area (Å²) < 4.78 is 5.55. The first kappa shape index (κ1) is 14.8. The maximum atomic E-state index is 8.89. The van der Waals surface area contributed by atoms with Crippen molar-refractivity contribution in [2.45, 2.75) is 26.8 Å². The van der Waals surface area contributed by atoms with Gasteiger partial charge in [0.15, 0.2) is 0 Å². The zero-order chi connectivity index (χ0) is 14.4. The molecule has 20 heavy (non-hydrogen) atoms. The van der Waals surface area contributed by atoms with Crippen LogP contribution in [0.5, 0.6) is 0 Å². The number of aromatic nitrogens is 1. The quantitative estimate of drug-likeness (QED) is 0.843. The number of hydrogen-bond donors (Lipinski definition) is 1. The van der Waals surface area contributed by atoms with E-state index in [1.165, 1.54) is 5.56 Å². The van der Waals surface area contributed by atoms with Gasteiger partial charge in [0.25, 0.3) is 0 Å². The van der Waals surface area contributed by atoms with Gasteiger partial charge >= 0.3 is 0 Å². The Balaban J connectivity index is 2.02. The lowest BCUT2D eigenvalue weighted by Gasteiger charge is -2.17. The molecule has 0 radical (unpaired) electrons. The van der Waals surface area contributed by atoms with Gasteiger partial charge in [0, 0.05) is 25.3 Å². The Morgan fingerprint density at radius 3 is 2.65 bits per heavy atom. The van der Waals surface area contributed by atoms with Crippen molar-refractivity contribution in [3.8, 4) is 11.5 Å². The summed E-state index contributed by atoms with van der Waals surface area (Å²) >= 11 is 0. The van der Waals surface area contributed by atoms with Gasteiger partial charge < -0.3 is 9.52 Å². The Morgan fingerprint density at radius 2 is 2.00 bits per heavy atom. The largest absolute Gasteiger partial charge is 0.444 e. The van der Waals surface area contributed by atoms with E-state index in [2.05, 4.69) is 35.9 Å². The van der Waals surface area contributed by atoms with Crippen LogP contribution in [0, 0.1) is 6.92 Å². The monoisotopic (exact) mass is 274 g/mol. The third-order valence-electron chi connectivity index (χ3n) is 3.32. The van der Waals surface area contributed by atoms with Gasteiger partial charge in [-0.25, -0.2) is 4.98 Å². The molecule has 4 nitrogen and oxygen atoms in total. The molecule has 0 aliphatic heterocycles. The van der Waals surface area contributed by atoms with Crippen LogP contribution in [0.1, 0.15) is 24.6 Å². The first-order valence-electron chi connectivity index (χ1n) is 7.07. The van der Waals surface area contributed by atoms with E-state index < -0.39 is 0 Å². The summed E-state index contributed by atoms with van der Waals surface area (Å²) in [5.41, 5.74) is 3.15. The second-order valence-corrected chi connectivity index (χ2v) is 4.96. The van der Waals surface area contributed by atoms with Crippen LogP contribution in [-0.4, -0.2) is 34.7 Å². The van der Waals surface area contributed by atoms with Crippen LogP contribution in [0.25, 0.3) is 11.5 Å². The van der Waals surface area contributed by atoms with Gasteiger partial charge in [-0.1, -0.05) is 24.6 Å². The first-order chi connectivity index (χ1) is 9.72. The maximum Gasteiger partial charge on any atom is 0.226 e. The summed E-state index contributed by atoms with van der Waals surface area (Å²) in [5, 5.41) is 8.89. The number of rotatable bonds is 7. The van der Waals surface area contributed by atoms with Crippen molar-refractivity contribution in [1.82, 2.24) is 9.88 Å². The van der Waals surface area contributed by atoms with Gasteiger partial charge in [0.1, 0.15) is 6.26 Å². The van der Waals surface area contributed by atoms with Crippen molar-refractivity contribution in [1.29, 1.82) is 0 Å². The van der Waals surface area contributed by atoms with Crippen molar-refractivity contribution >= 4 is 0 Å². The number of hydrogen-bond acceptors (Lipinski definition) is 4. The van der Waals surface area contributed by atoms with Crippen LogP contribution in [0.3, 0.4) is 0 Å². The lowest BCUT2D eigenvalue weighted by atomic mass is 10.1. The zero-order valence-electron chi connectivity index (χ0n) is 12.2. The highest BCUT2D eigenvalue weighted by Crippen LogP contribution is 2.19. The molecule has 0 unspecified atom stereocenters. The van der Waals surface area contributed by atoms with Crippen LogP contribution < -0.4 is 0 Å². The molecule has 1 heterocycles. The van der Waals surface area contributed by atoms with Crippen molar-refractivity contribution in [2.75, 3.05) is 19.7 Å². The highest BCUT2D eigenvalue weighted by atomic mass is 16.3. The highest BCUT2D eigenvalue weighted by Gasteiger charge is 2.09. The van der Waals surface area contributed by atoms with Crippen LogP contribution in [0.15, 0.2) is 34.9 Å². The molecular formula is C16H22N2O2. The minimum absolute atomic E-state index is 0.226. The molecule has 0 bridgehead atoms. The molecule has 0 amide bonds. The second kappa shape index (κ2) is 7.22. The molecule has 0 spiro atoms. The molecule has 1 aromatic carbocycles. The third kappa shape index (κ3) is 3.92. The number of oxazole rings is 1. The SMILES string of the molecule is CCN(CCCO)Cc1coc(-c2ccc(C)cc2)n1. The van der Waals surface area contributed by atoms with Crippen molar-refractivity contribution in [3.05, 3.63) is 41.8 Å². The maximum absolute atomic E-state index is 8.89. The number of benzene rings is 1. The van der Waals surface area contributed by atoms with E-state index in [9.17, 15) is 0 Å². The standard InChI is InChI=1S/C16H22N2O2/c1-3-18(9-4-10-19)11-15-12-20-16(17-15)14-7-5-13(2)6-8-14/h5-8,12,19H,3-4,9-11H2,1-2H3. The minimum Gasteiger partial charge on any atom is -0.444 e. The first-order valence-corrected chi connectivity index (χ1v) is 7.07. The lowest BCUT2D eigenvalue weighted by Crippen LogP contribution is -2.24. The average molecular weight is 274 g/mol. The van der Waals surface area contributed by atoms with Gasteiger partial charge in [-0.2, -0.15) is 0 Å². The van der Waals surface area contributed by atoms with Crippen LogP contribution in [0.2, 0.25) is 0 Å². The molecule has 2 aromatic rings. The molecule has 108 valence electrons. The summed E-state index contributed by atoms with van der Waals surface area (Å²) in [6, 6.07) is 8.15. The van der Waals surface area contributed by atoms with E-state index in [4.69, 9.17) is 9.52 Å². The van der Waals surface area contributed by atoms with E-state index in [0.717, 1.165) is 37.3 Å². The summed E-state index contributed by atoms with van der Waals surface area (Å²) in [6.07, 6.45) is 2.51. The molecule has 4 heteroatoms. The molecule has 0 fully saturated rings. The zero-order valence-corrected chi connectivity index (χ0v) is 12.2. The van der Waals surface area contributed by atoms with Gasteiger partial charge in [-0.3, -0.25) is 4.90 Å². The predicted octanol–water partition coefficient (Wildman–Crippen LogP) is 2.85. The Bertz CT molecular complexity index is 520. The summed E-state index contributed by atoms with van der Waals surface area (Å²) in [7, 11) is 0. The Hall–Kier alpha value is -1.65. The summed E-state index contributed by atoms with van der Waals surface area (Å²) in [6.45, 7) is 6.96. The van der Waals surface area contributed by atoms with Crippen LogP contribution >= 0.6 is 0 Å². The summed E-state index contributed by atoms with van der Waals surface area (Å²) in [4.78, 5) is 6.78. The Morgan fingerprint density at radius 1 is 1.25 bits per heavy atom. The molecule has 0 aliphatic carbocycles. The Labute approximate surface area is 120 Å². The fourth-order valence-electron chi connectivity index (χ4n) is 2.08. The topological polar surface area (TPSA) is 49.5 Å². The smallest absolute Gasteiger partial charge is 0.226 e. The highest BCUT2D eigenvalue weighted by molar-refractivity contribution is 5.53. The van der Waals surface area contributed by atoms with Gasteiger partial charge in [-0.05, 0) is 32.0 Å². The normalized spacial score (nSPS) is 11.2. The molecule has 0 saturated heterocycles. The number of aliphatic hydroxyl groups is 1. The van der Waals surface area contributed by atoms with Crippen LogP contribution in [0.4, 0.5) is 0 Å². The fourth-order valence-corrected chi connectivity index (χ4v) is 2.08. The second-order valence-electron chi connectivity index (χ2n) is 4.96. The van der Waals surface area contributed by atoms with Crippen molar-refractivity contribution < 1.29 is 9.52 Å². The molecule has 0 aliphatic rings. The van der Waals surface area contributed by atoms with E-state index >= 15 is 0 Å². The van der Waals surface area contributed by atoms with E-state index in [-0.39, 0.29) is 6.61 Å². The molecule has 0 saturated carbocycles. The van der Waals surface area contributed by atoms with Crippen molar-refractivity contribution in [2.24, 2.45) is 0 Å². The predicted molar refractivity (Wildman–Crippen MR) is 79.3 cm³/mol. The molecule has 1 aromatic heterocycles. The van der Waals surface area contributed by atoms with Gasteiger partial charge in [-0.15, -0.1) is 0 Å². The molecule has 2 rings (SSSR count). The average Bonchev–Trinajstić information content (AvgIpc) is 2.92. The molecule has 0 atom stereocenters. The number of aryl methyl sites for hydroxylation is 1. The minimum atomic E-state index is 0.226. The summed E-state index contributed by atoms with van der Waals surface area (Å²) in [5.74, 6) is 0.665. The molecule has 1 N–H and O–H groups in total. The fraction of sp³-hybridized carbons (Fsp3) is 0.438. The molecular weight excluding hydrogens is 252 g/mol. The number of nitrogens with zero attached hydrogens (tertiary/aromatic N) is 2. The Kier molecular flexibility index (Phi) is 5.32. The van der Waals surface area contributed by atoms with Crippen molar-refractivity contribution in [3.63, 3.8) is 0 Å².